The summed E-state index contributed by atoms with van der Waals surface area (Å²) in [6.45, 7) is 6.40. The van der Waals surface area contributed by atoms with Gasteiger partial charge < -0.3 is 4.90 Å². The van der Waals surface area contributed by atoms with Gasteiger partial charge >= 0.3 is 0 Å². The third-order valence-electron chi connectivity index (χ3n) is 4.02. The summed E-state index contributed by atoms with van der Waals surface area (Å²) in [5.74, 6) is -0.0673. The topological polar surface area (TPSA) is 44.1 Å². The van der Waals surface area contributed by atoms with Crippen LogP contribution in [0.2, 0.25) is 0 Å². The molecule has 0 aliphatic carbocycles. The average Bonchev–Trinajstić information content (AvgIpc) is 2.44. The predicted molar refractivity (Wildman–Crippen MR) is 75.9 cm³/mol. The third kappa shape index (κ3) is 2.35. The van der Waals surface area contributed by atoms with E-state index >= 15 is 0 Å². The van der Waals surface area contributed by atoms with E-state index in [2.05, 4.69) is 19.1 Å². The second-order valence-electron chi connectivity index (χ2n) is 5.49. The molecule has 1 aromatic carbocycles. The van der Waals surface area contributed by atoms with E-state index < -0.39 is 5.41 Å². The molecule has 1 amide bonds. The highest BCUT2D eigenvalue weighted by molar-refractivity contribution is 6.00. The Balaban J connectivity index is 2.40. The maximum absolute atomic E-state index is 12.6. The Morgan fingerprint density at radius 2 is 2.26 bits per heavy atom. The monoisotopic (exact) mass is 256 g/mol. The van der Waals surface area contributed by atoms with Crippen LogP contribution in [0.5, 0.6) is 0 Å². The maximum Gasteiger partial charge on any atom is 0.247 e. The normalized spacial score (nSPS) is 17.3. The van der Waals surface area contributed by atoms with Crippen molar-refractivity contribution in [1.29, 1.82) is 5.26 Å². The Hall–Kier alpha value is -1.82. The Bertz CT molecular complexity index is 544. The van der Waals surface area contributed by atoms with E-state index in [1.54, 1.807) is 11.8 Å². The van der Waals surface area contributed by atoms with Gasteiger partial charge in [-0.15, -0.1) is 0 Å². The second kappa shape index (κ2) is 5.05. The van der Waals surface area contributed by atoms with Crippen LogP contribution in [0.1, 0.15) is 37.8 Å². The van der Waals surface area contributed by atoms with Crippen molar-refractivity contribution in [3.63, 3.8) is 0 Å². The number of nitriles is 1. The molecule has 1 atom stereocenters. The first-order chi connectivity index (χ1) is 9.01. The molecule has 0 radical (unpaired) electrons. The van der Waals surface area contributed by atoms with Crippen LogP contribution in [-0.2, 0) is 11.2 Å². The van der Waals surface area contributed by atoms with E-state index in [-0.39, 0.29) is 5.91 Å². The summed E-state index contributed by atoms with van der Waals surface area (Å²) in [5, 5.41) is 9.28. The first-order valence-electron chi connectivity index (χ1n) is 6.84. The summed E-state index contributed by atoms with van der Waals surface area (Å²) in [4.78, 5) is 14.4. The number of benzene rings is 1. The number of aryl methyl sites for hydroxylation is 2. The van der Waals surface area contributed by atoms with Crippen LogP contribution in [-0.4, -0.2) is 12.5 Å². The summed E-state index contributed by atoms with van der Waals surface area (Å²) in [6, 6.07) is 8.36. The summed E-state index contributed by atoms with van der Waals surface area (Å²) in [5.41, 5.74) is 2.50. The molecule has 1 heterocycles. The molecular formula is C16H20N2O. The van der Waals surface area contributed by atoms with Gasteiger partial charge in [-0.1, -0.05) is 24.6 Å². The number of fused-ring (bicyclic) bond motifs is 1. The lowest BCUT2D eigenvalue weighted by Crippen LogP contribution is -2.44. The Morgan fingerprint density at radius 1 is 1.53 bits per heavy atom. The zero-order valence-corrected chi connectivity index (χ0v) is 11.9. The molecule has 3 heteroatoms. The van der Waals surface area contributed by atoms with Crippen molar-refractivity contribution in [2.24, 2.45) is 5.41 Å². The van der Waals surface area contributed by atoms with Crippen LogP contribution < -0.4 is 4.90 Å². The van der Waals surface area contributed by atoms with Gasteiger partial charge in [0, 0.05) is 12.2 Å². The minimum absolute atomic E-state index is 0.0673. The molecular weight excluding hydrogens is 236 g/mol. The van der Waals surface area contributed by atoms with E-state index in [4.69, 9.17) is 0 Å². The molecule has 2 rings (SSSR count). The van der Waals surface area contributed by atoms with E-state index in [1.807, 2.05) is 19.1 Å². The highest BCUT2D eigenvalue weighted by atomic mass is 16.2. The SMILES string of the molecule is CCC(C)(C#N)C(=O)N1CCCc2cc(C)ccc21. The van der Waals surface area contributed by atoms with Crippen LogP contribution in [0.25, 0.3) is 0 Å². The number of nitrogens with zero attached hydrogens (tertiary/aromatic N) is 2. The third-order valence-corrected chi connectivity index (χ3v) is 4.02. The van der Waals surface area contributed by atoms with Crippen molar-refractivity contribution in [3.05, 3.63) is 29.3 Å². The van der Waals surface area contributed by atoms with Crippen molar-refractivity contribution < 1.29 is 4.79 Å². The fourth-order valence-electron chi connectivity index (χ4n) is 2.51. The minimum atomic E-state index is -0.917. The highest BCUT2D eigenvalue weighted by Crippen LogP contribution is 2.32. The van der Waals surface area contributed by atoms with E-state index in [0.29, 0.717) is 13.0 Å². The molecule has 0 N–H and O–H groups in total. The highest BCUT2D eigenvalue weighted by Gasteiger charge is 2.37. The largest absolute Gasteiger partial charge is 0.311 e. The first kappa shape index (κ1) is 13.6. The number of carbonyl (C=O) groups is 1. The van der Waals surface area contributed by atoms with Gasteiger partial charge in [0.25, 0.3) is 0 Å². The number of anilines is 1. The molecule has 1 aliphatic rings. The molecule has 3 nitrogen and oxygen atoms in total. The summed E-state index contributed by atoms with van der Waals surface area (Å²) < 4.78 is 0. The van der Waals surface area contributed by atoms with Crippen LogP contribution in [0, 0.1) is 23.7 Å². The standard InChI is InChI=1S/C16H20N2O/c1-4-16(3,11-17)15(19)18-9-5-6-13-10-12(2)7-8-14(13)18/h7-8,10H,4-6,9H2,1-3H3. The molecule has 0 saturated carbocycles. The van der Waals surface area contributed by atoms with Gasteiger partial charge in [0.1, 0.15) is 5.41 Å². The van der Waals surface area contributed by atoms with Crippen LogP contribution in [0.3, 0.4) is 0 Å². The lowest BCUT2D eigenvalue weighted by atomic mass is 9.86. The van der Waals surface area contributed by atoms with E-state index in [9.17, 15) is 10.1 Å². The maximum atomic E-state index is 12.6. The number of amides is 1. The second-order valence-corrected chi connectivity index (χ2v) is 5.49. The van der Waals surface area contributed by atoms with Crippen molar-refractivity contribution in [2.45, 2.75) is 40.0 Å². The number of carbonyl (C=O) groups excluding carboxylic acids is 1. The smallest absolute Gasteiger partial charge is 0.247 e. The van der Waals surface area contributed by atoms with Crippen LogP contribution >= 0.6 is 0 Å². The summed E-state index contributed by atoms with van der Waals surface area (Å²) >= 11 is 0. The molecule has 1 unspecified atom stereocenters. The Kier molecular flexibility index (Phi) is 3.61. The first-order valence-corrected chi connectivity index (χ1v) is 6.84. The molecule has 1 aliphatic heterocycles. The fraction of sp³-hybridized carbons (Fsp3) is 0.500. The molecule has 19 heavy (non-hydrogen) atoms. The molecule has 0 spiro atoms. The van der Waals surface area contributed by atoms with Gasteiger partial charge in [0.15, 0.2) is 0 Å². The predicted octanol–water partition coefficient (Wildman–Crippen LogP) is 3.21. The van der Waals surface area contributed by atoms with Crippen molar-refractivity contribution in [3.8, 4) is 6.07 Å². The number of hydrogen-bond acceptors (Lipinski definition) is 2. The Morgan fingerprint density at radius 3 is 2.89 bits per heavy atom. The van der Waals surface area contributed by atoms with Crippen molar-refractivity contribution in [1.82, 2.24) is 0 Å². The van der Waals surface area contributed by atoms with Gasteiger partial charge in [-0.05, 0) is 44.7 Å². The zero-order valence-electron chi connectivity index (χ0n) is 11.9. The van der Waals surface area contributed by atoms with Gasteiger partial charge in [-0.25, -0.2) is 0 Å². The van der Waals surface area contributed by atoms with Gasteiger partial charge in [-0.3, -0.25) is 4.79 Å². The van der Waals surface area contributed by atoms with Gasteiger partial charge in [-0.2, -0.15) is 5.26 Å². The molecule has 0 saturated heterocycles. The molecule has 100 valence electrons. The van der Waals surface area contributed by atoms with Crippen molar-refractivity contribution >= 4 is 11.6 Å². The quantitative estimate of drug-likeness (QED) is 0.815. The number of hydrogen-bond donors (Lipinski definition) is 0. The zero-order chi connectivity index (χ0) is 14.0. The lowest BCUT2D eigenvalue weighted by molar-refractivity contribution is -0.125. The fourth-order valence-corrected chi connectivity index (χ4v) is 2.51. The Labute approximate surface area is 114 Å². The molecule has 0 aromatic heterocycles. The molecule has 0 bridgehead atoms. The lowest BCUT2D eigenvalue weighted by Gasteiger charge is -2.34. The van der Waals surface area contributed by atoms with Crippen molar-refractivity contribution in [2.75, 3.05) is 11.4 Å². The average molecular weight is 256 g/mol. The van der Waals surface area contributed by atoms with Crippen LogP contribution in [0.4, 0.5) is 5.69 Å². The molecule has 0 fully saturated rings. The van der Waals surface area contributed by atoms with E-state index in [0.717, 1.165) is 18.5 Å². The molecule has 1 aromatic rings. The van der Waals surface area contributed by atoms with E-state index in [1.165, 1.54) is 11.1 Å². The minimum Gasteiger partial charge on any atom is -0.311 e. The van der Waals surface area contributed by atoms with Gasteiger partial charge in [0.2, 0.25) is 5.91 Å². The number of rotatable bonds is 2. The van der Waals surface area contributed by atoms with Crippen LogP contribution in [0.15, 0.2) is 18.2 Å². The van der Waals surface area contributed by atoms with Gasteiger partial charge in [0.05, 0.1) is 6.07 Å². The summed E-state index contributed by atoms with van der Waals surface area (Å²) in [6.07, 6.45) is 2.52. The summed E-state index contributed by atoms with van der Waals surface area (Å²) in [7, 11) is 0.